The van der Waals surface area contributed by atoms with Crippen molar-refractivity contribution in [2.75, 3.05) is 13.1 Å². The van der Waals surface area contributed by atoms with E-state index in [9.17, 15) is 13.2 Å². The maximum absolute atomic E-state index is 13.6. The van der Waals surface area contributed by atoms with Crippen LogP contribution < -0.4 is 4.74 Å². The number of rotatable bonds is 3. The monoisotopic (exact) mass is 437 g/mol. The lowest BCUT2D eigenvalue weighted by Crippen LogP contribution is -2.46. The zero-order valence-electron chi connectivity index (χ0n) is 16.4. The molecule has 0 unspecified atom stereocenters. The van der Waals surface area contributed by atoms with Crippen molar-refractivity contribution in [1.29, 1.82) is 0 Å². The molecule has 0 bridgehead atoms. The zero-order valence-corrected chi connectivity index (χ0v) is 17.2. The molecule has 158 valence electrons. The Morgan fingerprint density at radius 3 is 2.65 bits per heavy atom. The molecule has 2 aliphatic rings. The molecule has 1 aromatic carbocycles. The third kappa shape index (κ3) is 3.53. The van der Waals surface area contributed by atoms with Crippen molar-refractivity contribution in [1.82, 2.24) is 24.2 Å². The van der Waals surface area contributed by atoms with Crippen LogP contribution in [0.15, 0.2) is 72.1 Å². The lowest BCUT2D eigenvalue weighted by molar-refractivity contribution is 0.0763. The SMILES string of the molecule is O=C(c1cnccn1)N1C[C@@H]2[C@@H](C1)Oc1ncccc1S(=O)(=O)N2Cc1ccccc1. The molecule has 0 spiro atoms. The van der Waals surface area contributed by atoms with E-state index in [1.165, 1.54) is 35.2 Å². The summed E-state index contributed by atoms with van der Waals surface area (Å²) in [6, 6.07) is 11.9. The van der Waals surface area contributed by atoms with E-state index in [4.69, 9.17) is 4.74 Å². The summed E-state index contributed by atoms with van der Waals surface area (Å²) in [5.41, 5.74) is 1.05. The Hall–Kier alpha value is -3.37. The molecule has 0 saturated carbocycles. The molecule has 10 heteroatoms. The molecule has 4 heterocycles. The molecule has 5 rings (SSSR count). The standard InChI is InChI=1S/C21H19N5O4S/c27-21(16-11-22-9-10-23-16)25-13-17-18(14-25)30-20-19(7-4-8-24-20)31(28,29)26(17)12-15-5-2-1-3-6-15/h1-11,17-18H,12-14H2/t17-,18-/m1/s1. The molecular weight excluding hydrogens is 418 g/mol. The van der Waals surface area contributed by atoms with Crippen molar-refractivity contribution < 1.29 is 17.9 Å². The van der Waals surface area contributed by atoms with E-state index in [2.05, 4.69) is 15.0 Å². The highest BCUT2D eigenvalue weighted by atomic mass is 32.2. The van der Waals surface area contributed by atoms with Gasteiger partial charge in [-0.05, 0) is 17.7 Å². The number of pyridine rings is 1. The van der Waals surface area contributed by atoms with Gasteiger partial charge in [0.05, 0.1) is 18.8 Å². The first-order chi connectivity index (χ1) is 15.0. The molecule has 0 radical (unpaired) electrons. The van der Waals surface area contributed by atoms with Crippen molar-refractivity contribution in [3.63, 3.8) is 0 Å². The van der Waals surface area contributed by atoms with E-state index in [-0.39, 0.29) is 42.0 Å². The molecule has 2 aliphatic heterocycles. The second-order valence-electron chi connectivity index (χ2n) is 7.37. The van der Waals surface area contributed by atoms with Crippen molar-refractivity contribution in [2.24, 2.45) is 0 Å². The molecule has 2 atom stereocenters. The Morgan fingerprint density at radius 2 is 1.87 bits per heavy atom. The van der Waals surface area contributed by atoms with E-state index in [0.717, 1.165) is 5.56 Å². The second kappa shape index (κ2) is 7.71. The van der Waals surface area contributed by atoms with Gasteiger partial charge in [-0.1, -0.05) is 30.3 Å². The molecule has 1 amide bonds. The van der Waals surface area contributed by atoms with E-state index < -0.39 is 22.2 Å². The van der Waals surface area contributed by atoms with Crippen LogP contribution in [0, 0.1) is 0 Å². The Bertz CT molecular complexity index is 1210. The average Bonchev–Trinajstić information content (AvgIpc) is 3.18. The highest BCUT2D eigenvalue weighted by molar-refractivity contribution is 7.89. The summed E-state index contributed by atoms with van der Waals surface area (Å²) in [5, 5.41) is 0. The minimum absolute atomic E-state index is 0.0344. The first kappa shape index (κ1) is 19.6. The van der Waals surface area contributed by atoms with Crippen molar-refractivity contribution in [3.8, 4) is 5.88 Å². The Kier molecular flexibility index (Phi) is 4.87. The lowest BCUT2D eigenvalue weighted by atomic mass is 10.1. The first-order valence-electron chi connectivity index (χ1n) is 9.77. The fraction of sp³-hybridized carbons (Fsp3) is 0.238. The van der Waals surface area contributed by atoms with Gasteiger partial charge in [0.25, 0.3) is 5.91 Å². The summed E-state index contributed by atoms with van der Waals surface area (Å²) in [6.07, 6.45) is 5.27. The van der Waals surface area contributed by atoms with Gasteiger partial charge in [0.1, 0.15) is 16.7 Å². The lowest BCUT2D eigenvalue weighted by Gasteiger charge is -2.28. The number of ether oxygens (including phenoxy) is 1. The highest BCUT2D eigenvalue weighted by Gasteiger charge is 2.48. The number of nitrogens with zero attached hydrogens (tertiary/aromatic N) is 5. The molecule has 1 fully saturated rings. The van der Waals surface area contributed by atoms with Crippen LogP contribution in [0.5, 0.6) is 5.88 Å². The topological polar surface area (TPSA) is 106 Å². The number of likely N-dealkylation sites (tertiary alicyclic amines) is 1. The van der Waals surface area contributed by atoms with E-state index in [1.54, 1.807) is 11.0 Å². The summed E-state index contributed by atoms with van der Waals surface area (Å²) in [6.45, 7) is 0.562. The molecular formula is C21H19N5O4S. The zero-order chi connectivity index (χ0) is 21.4. The molecule has 2 aromatic heterocycles. The predicted molar refractivity (Wildman–Crippen MR) is 110 cm³/mol. The quantitative estimate of drug-likeness (QED) is 0.609. The van der Waals surface area contributed by atoms with Crippen LogP contribution >= 0.6 is 0 Å². The molecule has 0 N–H and O–H groups in total. The summed E-state index contributed by atoms with van der Waals surface area (Å²) in [7, 11) is -3.91. The van der Waals surface area contributed by atoms with E-state index >= 15 is 0 Å². The number of fused-ring (bicyclic) bond motifs is 2. The largest absolute Gasteiger partial charge is 0.470 e. The van der Waals surface area contributed by atoms with Gasteiger partial charge in [-0.3, -0.25) is 9.78 Å². The van der Waals surface area contributed by atoms with Crippen LogP contribution in [-0.2, 0) is 16.6 Å². The first-order valence-corrected chi connectivity index (χ1v) is 11.2. The van der Waals surface area contributed by atoms with Gasteiger partial charge in [-0.2, -0.15) is 4.31 Å². The molecule has 31 heavy (non-hydrogen) atoms. The average molecular weight is 437 g/mol. The number of benzene rings is 1. The van der Waals surface area contributed by atoms with Crippen LogP contribution in [0.1, 0.15) is 16.1 Å². The fourth-order valence-electron chi connectivity index (χ4n) is 3.96. The van der Waals surface area contributed by atoms with Gasteiger partial charge in [0.15, 0.2) is 0 Å². The van der Waals surface area contributed by atoms with Crippen molar-refractivity contribution >= 4 is 15.9 Å². The number of hydrogen-bond acceptors (Lipinski definition) is 7. The Morgan fingerprint density at radius 1 is 1.03 bits per heavy atom. The van der Waals surface area contributed by atoms with Crippen LogP contribution in [0.4, 0.5) is 0 Å². The molecule has 1 saturated heterocycles. The van der Waals surface area contributed by atoms with Gasteiger partial charge < -0.3 is 9.64 Å². The smallest absolute Gasteiger partial charge is 0.274 e. The molecule has 9 nitrogen and oxygen atoms in total. The van der Waals surface area contributed by atoms with Crippen LogP contribution in [0.3, 0.4) is 0 Å². The molecule has 0 aliphatic carbocycles. The predicted octanol–water partition coefficient (Wildman–Crippen LogP) is 1.35. The van der Waals surface area contributed by atoms with Gasteiger partial charge in [-0.25, -0.2) is 18.4 Å². The van der Waals surface area contributed by atoms with E-state index in [1.807, 2.05) is 30.3 Å². The second-order valence-corrected chi connectivity index (χ2v) is 9.23. The number of carbonyl (C=O) groups is 1. The maximum Gasteiger partial charge on any atom is 0.274 e. The van der Waals surface area contributed by atoms with Crippen molar-refractivity contribution in [3.05, 3.63) is 78.5 Å². The number of carbonyl (C=O) groups excluding carboxylic acids is 1. The summed E-state index contributed by atoms with van der Waals surface area (Å²) >= 11 is 0. The summed E-state index contributed by atoms with van der Waals surface area (Å²) in [4.78, 5) is 26.7. The normalized spacial score (nSPS) is 22.1. The van der Waals surface area contributed by atoms with Crippen molar-refractivity contribution in [2.45, 2.75) is 23.6 Å². The minimum Gasteiger partial charge on any atom is -0.470 e. The summed E-state index contributed by atoms with van der Waals surface area (Å²) < 4.78 is 34.7. The van der Waals surface area contributed by atoms with Crippen LogP contribution in [0.25, 0.3) is 0 Å². The molecule has 3 aromatic rings. The van der Waals surface area contributed by atoms with Gasteiger partial charge in [0, 0.05) is 31.7 Å². The van der Waals surface area contributed by atoms with Crippen LogP contribution in [0.2, 0.25) is 0 Å². The third-order valence-electron chi connectivity index (χ3n) is 5.44. The number of aromatic nitrogens is 3. The van der Waals surface area contributed by atoms with Crippen LogP contribution in [-0.4, -0.2) is 63.7 Å². The highest BCUT2D eigenvalue weighted by Crippen LogP contribution is 2.36. The Labute approximate surface area is 179 Å². The third-order valence-corrected chi connectivity index (χ3v) is 7.33. The number of hydrogen-bond donors (Lipinski definition) is 0. The van der Waals surface area contributed by atoms with Gasteiger partial charge >= 0.3 is 0 Å². The number of amides is 1. The fourth-order valence-corrected chi connectivity index (χ4v) is 5.66. The van der Waals surface area contributed by atoms with E-state index in [0.29, 0.717) is 0 Å². The Balaban J connectivity index is 1.54. The minimum atomic E-state index is -3.91. The van der Waals surface area contributed by atoms with Gasteiger partial charge in [-0.15, -0.1) is 0 Å². The number of sulfonamides is 1. The summed E-state index contributed by atoms with van der Waals surface area (Å²) in [5.74, 6) is -0.259. The van der Waals surface area contributed by atoms with Gasteiger partial charge in [0.2, 0.25) is 15.9 Å². The maximum atomic E-state index is 13.6.